The van der Waals surface area contributed by atoms with Gasteiger partial charge in [-0.05, 0) is 103 Å². The number of aromatic nitrogens is 1. The van der Waals surface area contributed by atoms with Crippen LogP contribution in [0.1, 0.15) is 64.9 Å². The summed E-state index contributed by atoms with van der Waals surface area (Å²) in [5.41, 5.74) is 11.4. The van der Waals surface area contributed by atoms with Crippen LogP contribution in [-0.4, -0.2) is 10.5 Å². The number of benzene rings is 5. The van der Waals surface area contributed by atoms with Gasteiger partial charge in [-0.1, -0.05) is 86.6 Å². The summed E-state index contributed by atoms with van der Waals surface area (Å²) >= 11 is 0. The zero-order valence-corrected chi connectivity index (χ0v) is 34.4. The molecule has 284 valence electrons. The second kappa shape index (κ2) is 13.4. The summed E-state index contributed by atoms with van der Waals surface area (Å²) in [7, 11) is 0. The van der Waals surface area contributed by atoms with E-state index < -0.39 is 0 Å². The number of rotatable bonds is 5. The van der Waals surface area contributed by atoms with Crippen LogP contribution >= 0.6 is 0 Å². The predicted molar refractivity (Wildman–Crippen MR) is 223 cm³/mol. The van der Waals surface area contributed by atoms with E-state index in [9.17, 15) is 0 Å². The Labute approximate surface area is 345 Å². The molecule has 0 radical (unpaired) electrons. The maximum absolute atomic E-state index is 6.73. The van der Waals surface area contributed by atoms with Crippen molar-refractivity contribution in [1.82, 2.24) is 4.98 Å². The van der Waals surface area contributed by atoms with Gasteiger partial charge in [0.15, 0.2) is 0 Å². The predicted octanol–water partition coefficient (Wildman–Crippen LogP) is 12.9. The molecule has 5 nitrogen and oxygen atoms in total. The van der Waals surface area contributed by atoms with Crippen LogP contribution in [-0.2, 0) is 26.5 Å². The molecule has 3 heterocycles. The van der Waals surface area contributed by atoms with Crippen molar-refractivity contribution in [2.75, 3.05) is 14.7 Å². The second-order valence-corrected chi connectivity index (χ2v) is 17.6. The van der Waals surface area contributed by atoms with Gasteiger partial charge in [0.2, 0.25) is 0 Å². The Bertz CT molecular complexity index is 2430. The van der Waals surface area contributed by atoms with E-state index in [1.807, 2.05) is 18.3 Å². The van der Waals surface area contributed by atoms with Crippen molar-refractivity contribution >= 4 is 34.3 Å². The molecule has 4 fully saturated rings. The SMILES string of the molecule is CC(C)(C)c1ccnc(N2c3[c-]c(Oc4[c-]c(N5[CH-]N(C67CC8CC(CC(C8)C6)C7)c6ccccc65)ccc4)ccc3-c3ccccc3-c3ccccc32)c1.[Pt]. The van der Waals surface area contributed by atoms with E-state index >= 15 is 0 Å². The third kappa shape index (κ3) is 5.80. The summed E-state index contributed by atoms with van der Waals surface area (Å²) in [4.78, 5) is 12.2. The zero-order valence-electron chi connectivity index (χ0n) is 32.1. The van der Waals surface area contributed by atoms with Gasteiger partial charge in [-0.15, -0.1) is 41.6 Å². The molecule has 4 saturated carbocycles. The van der Waals surface area contributed by atoms with Crippen LogP contribution in [0.25, 0.3) is 22.3 Å². The maximum atomic E-state index is 6.73. The average molecular weight is 913 g/mol. The number of hydrogen-bond acceptors (Lipinski definition) is 5. The summed E-state index contributed by atoms with van der Waals surface area (Å²) in [6, 6.07) is 48.3. The van der Waals surface area contributed by atoms with Crippen LogP contribution in [0.15, 0.2) is 121 Å². The van der Waals surface area contributed by atoms with Gasteiger partial charge < -0.3 is 19.4 Å². The summed E-state index contributed by atoms with van der Waals surface area (Å²) in [6.07, 6.45) is 10.1. The van der Waals surface area contributed by atoms with Gasteiger partial charge in [0.05, 0.1) is 5.69 Å². The second-order valence-electron chi connectivity index (χ2n) is 17.6. The number of hydrogen-bond donors (Lipinski definition) is 0. The van der Waals surface area contributed by atoms with Gasteiger partial charge in [-0.3, -0.25) is 0 Å². The number of pyridine rings is 1. The van der Waals surface area contributed by atoms with Crippen LogP contribution in [0, 0.1) is 36.6 Å². The van der Waals surface area contributed by atoms with Crippen molar-refractivity contribution in [2.45, 2.75) is 70.3 Å². The molecular formula is C50H45N4OPt-3. The number of fused-ring (bicyclic) bond motifs is 6. The average Bonchev–Trinajstić information content (AvgIpc) is 3.54. The summed E-state index contributed by atoms with van der Waals surface area (Å²) in [5.74, 6) is 4.75. The fourth-order valence-corrected chi connectivity index (χ4v) is 10.9. The van der Waals surface area contributed by atoms with E-state index in [0.29, 0.717) is 11.5 Å². The Balaban J connectivity index is 0.00000384. The molecule has 0 atom stereocenters. The third-order valence-corrected chi connectivity index (χ3v) is 13.0. The van der Waals surface area contributed by atoms with Crippen molar-refractivity contribution in [3.05, 3.63) is 146 Å². The van der Waals surface area contributed by atoms with E-state index in [0.717, 1.165) is 57.3 Å². The molecule has 4 bridgehead atoms. The smallest absolute Gasteiger partial charge is 0.135 e. The van der Waals surface area contributed by atoms with Crippen molar-refractivity contribution in [3.8, 4) is 33.8 Å². The number of para-hydroxylation sites is 3. The Morgan fingerprint density at radius 3 is 2.00 bits per heavy atom. The number of nitrogens with zero attached hydrogens (tertiary/aromatic N) is 4. The van der Waals surface area contributed by atoms with Crippen molar-refractivity contribution in [2.24, 2.45) is 17.8 Å². The summed E-state index contributed by atoms with van der Waals surface area (Å²) in [5, 5.41) is 0. The first-order valence-electron chi connectivity index (χ1n) is 20.0. The van der Waals surface area contributed by atoms with E-state index in [-0.39, 0.29) is 32.0 Å². The first-order chi connectivity index (χ1) is 26.8. The Morgan fingerprint density at radius 2 is 1.29 bits per heavy atom. The minimum Gasteiger partial charge on any atom is -0.509 e. The Kier molecular flexibility index (Phi) is 8.49. The minimum atomic E-state index is -0.0378. The molecule has 0 amide bonds. The largest absolute Gasteiger partial charge is 0.509 e. The van der Waals surface area contributed by atoms with Crippen molar-refractivity contribution in [3.63, 3.8) is 0 Å². The van der Waals surface area contributed by atoms with E-state index in [4.69, 9.17) is 9.72 Å². The molecule has 0 spiro atoms. The van der Waals surface area contributed by atoms with E-state index in [1.54, 1.807) is 0 Å². The normalized spacial score (nSPS) is 22.8. The van der Waals surface area contributed by atoms with Gasteiger partial charge >= 0.3 is 0 Å². The van der Waals surface area contributed by atoms with Crippen molar-refractivity contribution in [1.29, 1.82) is 0 Å². The zero-order chi connectivity index (χ0) is 36.9. The molecule has 6 aromatic rings. The first-order valence-corrected chi connectivity index (χ1v) is 20.0. The molecule has 0 unspecified atom stereocenters. The fraction of sp³-hybridized carbons (Fsp3) is 0.280. The standard InChI is InChI=1S/C50H45N4O.Pt/c1-49(2,3)36-21-22-51-48(26-36)54-44-16-7-6-15-42(44)40-13-4-5-14-41(40)43-20-19-39(28-47(43)54)55-38-12-10-11-37(27-38)52-32-53(46-18-9-8-17-45(46)52)50-29-33-23-34(30-50)25-35(24-33)31-50;/h4-22,26,32-35H,23-25,29-31H2,1-3H3;/q-3;. The van der Waals surface area contributed by atoms with E-state index in [2.05, 4.69) is 157 Å². The van der Waals surface area contributed by atoms with Gasteiger partial charge in [-0.25, -0.2) is 4.98 Å². The first kappa shape index (κ1) is 35.5. The molecule has 0 saturated heterocycles. The number of anilines is 6. The molecule has 12 rings (SSSR count). The molecule has 6 heteroatoms. The van der Waals surface area contributed by atoms with Crippen LogP contribution in [0.3, 0.4) is 0 Å². The number of ether oxygens (including phenoxy) is 1. The molecule has 5 aromatic carbocycles. The monoisotopic (exact) mass is 912 g/mol. The van der Waals surface area contributed by atoms with Crippen LogP contribution in [0.2, 0.25) is 0 Å². The molecule has 2 aliphatic heterocycles. The molecular weight excluding hydrogens is 868 g/mol. The minimum absolute atomic E-state index is 0. The molecule has 0 N–H and O–H groups in total. The van der Waals surface area contributed by atoms with E-state index in [1.165, 1.54) is 61.0 Å². The molecule has 1 aromatic heterocycles. The van der Waals surface area contributed by atoms with Crippen LogP contribution in [0.5, 0.6) is 11.5 Å². The summed E-state index contributed by atoms with van der Waals surface area (Å²) in [6.45, 7) is 9.10. The van der Waals surface area contributed by atoms with Crippen molar-refractivity contribution < 1.29 is 25.8 Å². The van der Waals surface area contributed by atoms with Crippen LogP contribution < -0.4 is 19.4 Å². The van der Waals surface area contributed by atoms with Gasteiger partial charge in [0.25, 0.3) is 0 Å². The fourth-order valence-electron chi connectivity index (χ4n) is 10.9. The molecule has 6 aliphatic rings. The molecule has 4 aliphatic carbocycles. The quantitative estimate of drug-likeness (QED) is 0.161. The maximum Gasteiger partial charge on any atom is 0.135 e. The Morgan fingerprint density at radius 1 is 0.661 bits per heavy atom. The van der Waals surface area contributed by atoms with Crippen LogP contribution in [0.4, 0.5) is 34.3 Å². The molecule has 56 heavy (non-hydrogen) atoms. The topological polar surface area (TPSA) is 31.8 Å². The summed E-state index contributed by atoms with van der Waals surface area (Å²) < 4.78 is 6.73. The van der Waals surface area contributed by atoms with Gasteiger partial charge in [-0.2, -0.15) is 18.8 Å². The van der Waals surface area contributed by atoms with Gasteiger partial charge in [0.1, 0.15) is 5.82 Å². The Hall–Kier alpha value is -4.86. The van der Waals surface area contributed by atoms with Gasteiger partial charge in [0, 0.05) is 61.2 Å². The third-order valence-electron chi connectivity index (χ3n) is 13.0.